The molecule has 4 N–H and O–H groups in total. The largest absolute Gasteiger partial charge is 0.457 e. The van der Waals surface area contributed by atoms with Crippen molar-refractivity contribution in [2.24, 2.45) is 0 Å². The Hall–Kier alpha value is -2.37. The second-order valence-corrected chi connectivity index (χ2v) is 16.5. The number of carbonyl (C=O) groups excluding carboxylic acids is 1. The average molecular weight is 859 g/mol. The molecular formula is C52H90O9. The number of carbonyl (C=O) groups is 1. The molecule has 0 aromatic rings. The molecule has 1 saturated heterocycles. The predicted molar refractivity (Wildman–Crippen MR) is 251 cm³/mol. The van der Waals surface area contributed by atoms with E-state index in [2.05, 4.69) is 86.8 Å². The van der Waals surface area contributed by atoms with Crippen molar-refractivity contribution in [3.8, 4) is 0 Å². The summed E-state index contributed by atoms with van der Waals surface area (Å²) in [6.07, 6.45) is 49.2. The first-order valence-corrected chi connectivity index (χ1v) is 24.5. The van der Waals surface area contributed by atoms with Crippen LogP contribution in [0.1, 0.15) is 187 Å². The molecule has 0 aromatic carbocycles. The Morgan fingerprint density at radius 3 is 1.52 bits per heavy atom. The number of ether oxygens (including phenoxy) is 4. The molecule has 61 heavy (non-hydrogen) atoms. The Kier molecular flexibility index (Phi) is 39.8. The average Bonchev–Trinajstić information content (AvgIpc) is 3.26. The number of aliphatic hydroxyl groups excluding tert-OH is 4. The molecule has 9 nitrogen and oxygen atoms in total. The Bertz CT molecular complexity index is 1160. The molecule has 1 fully saturated rings. The number of esters is 1. The fourth-order valence-electron chi connectivity index (χ4n) is 7.04. The minimum absolute atomic E-state index is 0.124. The number of hydrogen-bond acceptors (Lipinski definition) is 9. The van der Waals surface area contributed by atoms with E-state index in [4.69, 9.17) is 18.9 Å². The molecule has 0 radical (unpaired) electrons. The van der Waals surface area contributed by atoms with Crippen molar-refractivity contribution in [1.29, 1.82) is 0 Å². The van der Waals surface area contributed by atoms with E-state index in [0.29, 0.717) is 13.0 Å². The standard InChI is InChI=1S/C52H90O9/c1-3-5-7-9-11-13-15-17-19-20-21-22-23-24-25-26-27-29-31-33-35-37-39-41-48(54)60-46(45-59-52-51(57)50(56)49(55)47(43-53)61-52)44-58-42-40-38-36-34-32-30-28-18-16-14-12-10-8-6-4-2/h5,7,11,13,16-19,21-22,24-25,46-47,49-53,55-57H,3-4,6,8-10,12,14-15,20,23,26-45H2,1-2H3/b7-5-,13-11-,18-16-,19-17-,22-21-,25-24-. The van der Waals surface area contributed by atoms with Crippen LogP contribution in [-0.2, 0) is 23.7 Å². The highest BCUT2D eigenvalue weighted by atomic mass is 16.7. The zero-order chi connectivity index (χ0) is 44.3. The zero-order valence-corrected chi connectivity index (χ0v) is 38.6. The van der Waals surface area contributed by atoms with Gasteiger partial charge in [-0.15, -0.1) is 0 Å². The van der Waals surface area contributed by atoms with E-state index in [9.17, 15) is 25.2 Å². The van der Waals surface area contributed by atoms with E-state index >= 15 is 0 Å². The van der Waals surface area contributed by atoms with Gasteiger partial charge in [-0.3, -0.25) is 4.79 Å². The Morgan fingerprint density at radius 2 is 1.00 bits per heavy atom. The van der Waals surface area contributed by atoms with Crippen LogP contribution < -0.4 is 0 Å². The molecule has 1 rings (SSSR count). The zero-order valence-electron chi connectivity index (χ0n) is 38.6. The van der Waals surface area contributed by atoms with Crippen LogP contribution in [0.5, 0.6) is 0 Å². The number of rotatable bonds is 41. The van der Waals surface area contributed by atoms with Gasteiger partial charge in [0.15, 0.2) is 6.29 Å². The van der Waals surface area contributed by atoms with Gasteiger partial charge < -0.3 is 39.4 Å². The van der Waals surface area contributed by atoms with Crippen molar-refractivity contribution >= 4 is 5.97 Å². The summed E-state index contributed by atoms with van der Waals surface area (Å²) in [5.41, 5.74) is 0. The molecular weight excluding hydrogens is 769 g/mol. The summed E-state index contributed by atoms with van der Waals surface area (Å²) in [6, 6.07) is 0. The van der Waals surface area contributed by atoms with Crippen molar-refractivity contribution in [3.05, 3.63) is 72.9 Å². The summed E-state index contributed by atoms with van der Waals surface area (Å²) in [5, 5.41) is 40.2. The quantitative estimate of drug-likeness (QED) is 0.0269. The van der Waals surface area contributed by atoms with Gasteiger partial charge in [-0.2, -0.15) is 0 Å². The first-order chi connectivity index (χ1) is 29.9. The molecule has 0 saturated carbocycles. The van der Waals surface area contributed by atoms with Crippen molar-refractivity contribution in [2.75, 3.05) is 26.4 Å². The molecule has 0 bridgehead atoms. The second-order valence-electron chi connectivity index (χ2n) is 16.5. The number of allylic oxidation sites excluding steroid dienone is 12. The molecule has 0 amide bonds. The van der Waals surface area contributed by atoms with Crippen LogP contribution in [0.25, 0.3) is 0 Å². The van der Waals surface area contributed by atoms with Crippen LogP contribution in [0.4, 0.5) is 0 Å². The molecule has 0 aromatic heterocycles. The van der Waals surface area contributed by atoms with Gasteiger partial charge in [0.05, 0.1) is 19.8 Å². The van der Waals surface area contributed by atoms with Crippen molar-refractivity contribution in [3.63, 3.8) is 0 Å². The minimum atomic E-state index is -1.54. The topological polar surface area (TPSA) is 135 Å². The van der Waals surface area contributed by atoms with E-state index < -0.39 is 43.4 Å². The normalized spacial score (nSPS) is 20.5. The maximum absolute atomic E-state index is 12.8. The first-order valence-electron chi connectivity index (χ1n) is 24.5. The van der Waals surface area contributed by atoms with E-state index in [-0.39, 0.29) is 19.2 Å². The third-order valence-corrected chi connectivity index (χ3v) is 10.9. The van der Waals surface area contributed by atoms with Gasteiger partial charge >= 0.3 is 5.97 Å². The van der Waals surface area contributed by atoms with Gasteiger partial charge in [-0.1, -0.05) is 170 Å². The minimum Gasteiger partial charge on any atom is -0.457 e. The molecule has 1 heterocycles. The van der Waals surface area contributed by atoms with Crippen LogP contribution in [-0.4, -0.2) is 89.6 Å². The lowest BCUT2D eigenvalue weighted by Gasteiger charge is -2.39. The van der Waals surface area contributed by atoms with Crippen LogP contribution in [0.15, 0.2) is 72.9 Å². The third kappa shape index (κ3) is 33.8. The summed E-state index contributed by atoms with van der Waals surface area (Å²) in [5.74, 6) is -0.329. The maximum Gasteiger partial charge on any atom is 0.306 e. The van der Waals surface area contributed by atoms with E-state index in [1.807, 2.05) is 0 Å². The fraction of sp³-hybridized carbons (Fsp3) is 0.750. The van der Waals surface area contributed by atoms with Gasteiger partial charge in [0.2, 0.25) is 0 Å². The van der Waals surface area contributed by atoms with Crippen molar-refractivity contribution in [2.45, 2.75) is 224 Å². The van der Waals surface area contributed by atoms with E-state index in [1.54, 1.807) is 0 Å². The van der Waals surface area contributed by atoms with Crippen LogP contribution in [0.2, 0.25) is 0 Å². The Balaban J connectivity index is 2.24. The van der Waals surface area contributed by atoms with Crippen molar-refractivity contribution < 1.29 is 44.2 Å². The van der Waals surface area contributed by atoms with Gasteiger partial charge in [-0.05, 0) is 83.5 Å². The lowest BCUT2D eigenvalue weighted by molar-refractivity contribution is -0.305. The second kappa shape index (κ2) is 42.9. The summed E-state index contributed by atoms with van der Waals surface area (Å²) in [4.78, 5) is 12.8. The lowest BCUT2D eigenvalue weighted by Crippen LogP contribution is -2.59. The highest BCUT2D eigenvalue weighted by molar-refractivity contribution is 5.69. The summed E-state index contributed by atoms with van der Waals surface area (Å²) in [7, 11) is 0. The Labute approximate surface area is 372 Å². The van der Waals surface area contributed by atoms with Gasteiger partial charge in [0, 0.05) is 13.0 Å². The third-order valence-electron chi connectivity index (χ3n) is 10.9. The van der Waals surface area contributed by atoms with Crippen LogP contribution >= 0.6 is 0 Å². The summed E-state index contributed by atoms with van der Waals surface area (Å²) >= 11 is 0. The Morgan fingerprint density at radius 1 is 0.541 bits per heavy atom. The van der Waals surface area contributed by atoms with E-state index in [1.165, 1.54) is 77.0 Å². The highest BCUT2D eigenvalue weighted by Gasteiger charge is 2.44. The number of unbranched alkanes of at least 4 members (excludes halogenated alkanes) is 18. The number of aliphatic hydroxyl groups is 4. The lowest BCUT2D eigenvalue weighted by atomic mass is 9.99. The van der Waals surface area contributed by atoms with Crippen LogP contribution in [0, 0.1) is 0 Å². The molecule has 0 aliphatic carbocycles. The van der Waals surface area contributed by atoms with Crippen LogP contribution in [0.3, 0.4) is 0 Å². The van der Waals surface area contributed by atoms with Gasteiger partial charge in [-0.25, -0.2) is 0 Å². The van der Waals surface area contributed by atoms with E-state index in [0.717, 1.165) is 89.9 Å². The summed E-state index contributed by atoms with van der Waals surface area (Å²) < 4.78 is 22.8. The smallest absolute Gasteiger partial charge is 0.306 e. The predicted octanol–water partition coefficient (Wildman–Crippen LogP) is 11.6. The summed E-state index contributed by atoms with van der Waals surface area (Å²) in [6.45, 7) is 4.41. The molecule has 6 unspecified atom stereocenters. The van der Waals surface area contributed by atoms with Gasteiger partial charge in [0.25, 0.3) is 0 Å². The molecule has 352 valence electrons. The molecule has 9 heteroatoms. The first kappa shape index (κ1) is 56.6. The van der Waals surface area contributed by atoms with Crippen molar-refractivity contribution in [1.82, 2.24) is 0 Å². The van der Waals surface area contributed by atoms with Gasteiger partial charge in [0.1, 0.15) is 30.5 Å². The number of hydrogen-bond donors (Lipinski definition) is 4. The molecule has 6 atom stereocenters. The highest BCUT2D eigenvalue weighted by Crippen LogP contribution is 2.22. The monoisotopic (exact) mass is 859 g/mol. The molecule has 1 aliphatic rings. The molecule has 0 spiro atoms. The SMILES string of the molecule is CC/C=C\C/C=C\C/C=C\C/C=C\C/C=C\CCCCCCCCCC(=O)OC(COCCCCCCCC/C=C\CCCCCCC)COC1OC(CO)C(O)C(O)C1O. The molecule has 1 aliphatic heterocycles. The fourth-order valence-corrected chi connectivity index (χ4v) is 7.04. The maximum atomic E-state index is 12.8.